The maximum absolute atomic E-state index is 5.99. The van der Waals surface area contributed by atoms with Crippen LogP contribution in [0, 0.1) is 0 Å². The molecule has 0 aromatic carbocycles. The van der Waals surface area contributed by atoms with Gasteiger partial charge in [-0.15, -0.1) is 0 Å². The van der Waals surface area contributed by atoms with E-state index in [0.717, 1.165) is 22.8 Å². The molecule has 0 aliphatic carbocycles. The SMILES string of the molecule is Clc1nccc2ccn(CCBr)c12. The van der Waals surface area contributed by atoms with Gasteiger partial charge in [0.05, 0.1) is 5.52 Å². The number of halogens is 2. The van der Waals surface area contributed by atoms with E-state index in [1.54, 1.807) is 6.20 Å². The third-order valence-corrected chi connectivity index (χ3v) is 2.59. The summed E-state index contributed by atoms with van der Waals surface area (Å²) in [6.07, 6.45) is 3.75. The summed E-state index contributed by atoms with van der Waals surface area (Å²) in [5.74, 6) is 0. The van der Waals surface area contributed by atoms with Crippen LogP contribution in [0.4, 0.5) is 0 Å². The van der Waals surface area contributed by atoms with Gasteiger partial charge in [-0.25, -0.2) is 4.98 Å². The Morgan fingerprint density at radius 2 is 2.31 bits per heavy atom. The van der Waals surface area contributed by atoms with Gasteiger partial charge in [-0.1, -0.05) is 27.5 Å². The summed E-state index contributed by atoms with van der Waals surface area (Å²) in [6, 6.07) is 4.01. The first-order chi connectivity index (χ1) is 6.33. The van der Waals surface area contributed by atoms with Crippen LogP contribution < -0.4 is 0 Å². The number of aromatic nitrogens is 2. The number of pyridine rings is 1. The van der Waals surface area contributed by atoms with Crippen LogP contribution in [0.2, 0.25) is 5.15 Å². The standard InChI is InChI=1S/C9H8BrClN2/c10-3-6-13-5-2-7-1-4-12-9(11)8(7)13/h1-2,4-5H,3,6H2. The summed E-state index contributed by atoms with van der Waals surface area (Å²) in [7, 11) is 0. The minimum atomic E-state index is 0.573. The minimum Gasteiger partial charge on any atom is -0.344 e. The quantitative estimate of drug-likeness (QED) is 0.599. The Kier molecular flexibility index (Phi) is 2.56. The largest absolute Gasteiger partial charge is 0.344 e. The van der Waals surface area contributed by atoms with E-state index in [1.807, 2.05) is 18.3 Å². The van der Waals surface area contributed by atoms with Gasteiger partial charge in [-0.2, -0.15) is 0 Å². The molecule has 0 unspecified atom stereocenters. The molecule has 2 aromatic rings. The van der Waals surface area contributed by atoms with Gasteiger partial charge in [0.2, 0.25) is 0 Å². The van der Waals surface area contributed by atoms with Crippen molar-refractivity contribution in [2.24, 2.45) is 0 Å². The molecule has 0 saturated carbocycles. The maximum Gasteiger partial charge on any atom is 0.153 e. The maximum atomic E-state index is 5.99. The molecule has 0 bridgehead atoms. The predicted molar refractivity (Wildman–Crippen MR) is 58.5 cm³/mol. The van der Waals surface area contributed by atoms with Crippen molar-refractivity contribution in [1.29, 1.82) is 0 Å². The fourth-order valence-electron chi connectivity index (χ4n) is 1.38. The van der Waals surface area contributed by atoms with Crippen LogP contribution in [0.3, 0.4) is 0 Å². The highest BCUT2D eigenvalue weighted by molar-refractivity contribution is 9.09. The molecule has 0 spiro atoms. The molecular weight excluding hydrogens is 251 g/mol. The Morgan fingerprint density at radius 3 is 3.08 bits per heavy atom. The van der Waals surface area contributed by atoms with Crippen molar-refractivity contribution in [3.05, 3.63) is 29.7 Å². The van der Waals surface area contributed by atoms with Crippen molar-refractivity contribution in [2.75, 3.05) is 5.33 Å². The molecule has 4 heteroatoms. The third-order valence-electron chi connectivity index (χ3n) is 1.96. The second-order valence-electron chi connectivity index (χ2n) is 2.74. The molecule has 0 fully saturated rings. The smallest absolute Gasteiger partial charge is 0.153 e. The van der Waals surface area contributed by atoms with Crippen molar-refractivity contribution in [2.45, 2.75) is 6.54 Å². The minimum absolute atomic E-state index is 0.573. The number of hydrogen-bond acceptors (Lipinski definition) is 1. The Morgan fingerprint density at radius 1 is 1.46 bits per heavy atom. The third kappa shape index (κ3) is 1.58. The van der Waals surface area contributed by atoms with E-state index in [4.69, 9.17) is 11.6 Å². The molecule has 0 aliphatic heterocycles. The molecular formula is C9H8BrClN2. The molecule has 68 valence electrons. The summed E-state index contributed by atoms with van der Waals surface area (Å²) in [6.45, 7) is 0.912. The number of aryl methyl sites for hydroxylation is 1. The molecule has 0 radical (unpaired) electrons. The zero-order valence-electron chi connectivity index (χ0n) is 6.87. The average Bonchev–Trinajstić information content (AvgIpc) is 2.51. The van der Waals surface area contributed by atoms with Crippen LogP contribution >= 0.6 is 27.5 Å². The zero-order valence-corrected chi connectivity index (χ0v) is 9.22. The lowest BCUT2D eigenvalue weighted by molar-refractivity contribution is 0.810. The highest BCUT2D eigenvalue weighted by atomic mass is 79.9. The van der Waals surface area contributed by atoms with E-state index < -0.39 is 0 Å². The molecule has 0 aliphatic rings. The first-order valence-corrected chi connectivity index (χ1v) is 5.48. The van der Waals surface area contributed by atoms with Crippen molar-refractivity contribution >= 4 is 38.4 Å². The van der Waals surface area contributed by atoms with Gasteiger partial charge in [-0.3, -0.25) is 0 Å². The van der Waals surface area contributed by atoms with E-state index in [1.165, 1.54) is 0 Å². The van der Waals surface area contributed by atoms with Crippen molar-refractivity contribution in [1.82, 2.24) is 9.55 Å². The number of hydrogen-bond donors (Lipinski definition) is 0. The summed E-state index contributed by atoms with van der Waals surface area (Å²) in [5.41, 5.74) is 1.02. The summed E-state index contributed by atoms with van der Waals surface area (Å²) < 4.78 is 2.10. The van der Waals surface area contributed by atoms with Gasteiger partial charge in [0.15, 0.2) is 5.15 Å². The van der Waals surface area contributed by atoms with E-state index >= 15 is 0 Å². The first kappa shape index (κ1) is 9.03. The zero-order chi connectivity index (χ0) is 9.26. The van der Waals surface area contributed by atoms with Crippen LogP contribution in [-0.4, -0.2) is 14.9 Å². The molecule has 0 atom stereocenters. The lowest BCUT2D eigenvalue weighted by Crippen LogP contribution is -1.97. The number of alkyl halides is 1. The molecule has 0 amide bonds. The molecule has 2 rings (SSSR count). The molecule has 0 saturated heterocycles. The fraction of sp³-hybridized carbons (Fsp3) is 0.222. The van der Waals surface area contributed by atoms with Gasteiger partial charge in [0, 0.05) is 29.7 Å². The molecule has 0 N–H and O–H groups in total. The Hall–Kier alpha value is -0.540. The van der Waals surface area contributed by atoms with E-state index in [2.05, 4.69) is 25.5 Å². The van der Waals surface area contributed by atoms with Crippen molar-refractivity contribution < 1.29 is 0 Å². The Labute approximate surface area is 89.7 Å². The lowest BCUT2D eigenvalue weighted by Gasteiger charge is -2.02. The van der Waals surface area contributed by atoms with Gasteiger partial charge in [0.25, 0.3) is 0 Å². The second-order valence-corrected chi connectivity index (χ2v) is 3.89. The predicted octanol–water partition coefficient (Wildman–Crippen LogP) is 3.08. The number of rotatable bonds is 2. The van der Waals surface area contributed by atoms with Crippen LogP contribution in [0.5, 0.6) is 0 Å². The molecule has 2 nitrogen and oxygen atoms in total. The van der Waals surface area contributed by atoms with Crippen LogP contribution in [0.1, 0.15) is 0 Å². The fourth-order valence-corrected chi connectivity index (χ4v) is 2.04. The number of nitrogens with zero attached hydrogens (tertiary/aromatic N) is 2. The van der Waals surface area contributed by atoms with Crippen LogP contribution in [0.25, 0.3) is 10.9 Å². The van der Waals surface area contributed by atoms with E-state index in [0.29, 0.717) is 5.15 Å². The highest BCUT2D eigenvalue weighted by Gasteiger charge is 2.04. The van der Waals surface area contributed by atoms with Gasteiger partial charge in [0.1, 0.15) is 0 Å². The van der Waals surface area contributed by atoms with E-state index in [9.17, 15) is 0 Å². The van der Waals surface area contributed by atoms with Crippen molar-refractivity contribution in [3.8, 4) is 0 Å². The van der Waals surface area contributed by atoms with Crippen LogP contribution in [-0.2, 0) is 6.54 Å². The first-order valence-electron chi connectivity index (χ1n) is 3.98. The Balaban J connectivity index is 2.64. The van der Waals surface area contributed by atoms with Crippen LogP contribution in [0.15, 0.2) is 24.5 Å². The highest BCUT2D eigenvalue weighted by Crippen LogP contribution is 2.21. The second kappa shape index (κ2) is 3.68. The lowest BCUT2D eigenvalue weighted by atomic mass is 10.3. The average molecular weight is 260 g/mol. The molecule has 2 heterocycles. The van der Waals surface area contributed by atoms with E-state index in [-0.39, 0.29) is 0 Å². The van der Waals surface area contributed by atoms with Gasteiger partial charge >= 0.3 is 0 Å². The van der Waals surface area contributed by atoms with Gasteiger partial charge in [-0.05, 0) is 12.1 Å². The van der Waals surface area contributed by atoms with Crippen molar-refractivity contribution in [3.63, 3.8) is 0 Å². The normalized spacial score (nSPS) is 10.9. The number of fused-ring (bicyclic) bond motifs is 1. The summed E-state index contributed by atoms with van der Waals surface area (Å²) in [5, 5.41) is 2.63. The monoisotopic (exact) mass is 258 g/mol. The van der Waals surface area contributed by atoms with Gasteiger partial charge < -0.3 is 4.57 Å². The topological polar surface area (TPSA) is 17.8 Å². The molecule has 13 heavy (non-hydrogen) atoms. The Bertz CT molecular complexity index is 424. The summed E-state index contributed by atoms with van der Waals surface area (Å²) >= 11 is 9.39. The molecule has 2 aromatic heterocycles. The summed E-state index contributed by atoms with van der Waals surface area (Å²) in [4.78, 5) is 4.05.